The number of aliphatic hydroxyl groups excluding tert-OH is 1. The maximum Gasteiger partial charge on any atom is 0.0810 e. The number of hydrogen-bond acceptors (Lipinski definition) is 2. The van der Waals surface area contributed by atoms with Crippen LogP contribution >= 0.6 is 0 Å². The van der Waals surface area contributed by atoms with E-state index >= 15 is 0 Å². The first-order valence-electron chi connectivity index (χ1n) is 7.06. The molecule has 0 amide bonds. The Hall–Kier alpha value is -1.28. The minimum Gasteiger partial charge on any atom is -0.388 e. The van der Waals surface area contributed by atoms with Gasteiger partial charge in [0.15, 0.2) is 0 Å². The maximum absolute atomic E-state index is 10.2. The number of allylic oxidation sites excluding steroid dienone is 1. The highest BCUT2D eigenvalue weighted by molar-refractivity contribution is 5.57. The molecule has 1 aromatic rings. The molecule has 1 aliphatic heterocycles. The summed E-state index contributed by atoms with van der Waals surface area (Å²) in [5.74, 6) is 0. The van der Waals surface area contributed by atoms with Crippen LogP contribution in [0.2, 0.25) is 0 Å². The van der Waals surface area contributed by atoms with Gasteiger partial charge in [-0.05, 0) is 38.2 Å². The van der Waals surface area contributed by atoms with Crippen molar-refractivity contribution < 1.29 is 5.11 Å². The molecule has 0 fully saturated rings. The molecule has 2 nitrogen and oxygen atoms in total. The Labute approximate surface area is 109 Å². The van der Waals surface area contributed by atoms with E-state index in [1.807, 2.05) is 6.07 Å². The van der Waals surface area contributed by atoms with Crippen molar-refractivity contribution in [2.45, 2.75) is 44.2 Å². The van der Waals surface area contributed by atoms with Crippen molar-refractivity contribution in [2.24, 2.45) is 0 Å². The van der Waals surface area contributed by atoms with Crippen LogP contribution in [-0.4, -0.2) is 17.7 Å². The lowest BCUT2D eigenvalue weighted by Crippen LogP contribution is -2.35. The molecule has 0 saturated heterocycles. The van der Waals surface area contributed by atoms with Crippen LogP contribution < -0.4 is 4.90 Å². The number of nitrogens with zero attached hydrogens (tertiary/aromatic N) is 1. The summed E-state index contributed by atoms with van der Waals surface area (Å²) < 4.78 is 0. The first kappa shape index (κ1) is 11.8. The van der Waals surface area contributed by atoms with Crippen molar-refractivity contribution in [3.8, 4) is 0 Å². The molecule has 2 atom stereocenters. The Morgan fingerprint density at radius 1 is 1.11 bits per heavy atom. The molecule has 0 saturated carbocycles. The smallest absolute Gasteiger partial charge is 0.0810 e. The second kappa shape index (κ2) is 5.15. The van der Waals surface area contributed by atoms with Crippen LogP contribution in [0.3, 0.4) is 0 Å². The molecule has 1 aromatic carbocycles. The summed E-state index contributed by atoms with van der Waals surface area (Å²) in [4.78, 5) is 2.49. The van der Waals surface area contributed by atoms with Crippen LogP contribution in [0.5, 0.6) is 0 Å². The lowest BCUT2D eigenvalue weighted by atomic mass is 9.99. The zero-order chi connectivity index (χ0) is 12.4. The fraction of sp³-hybridized carbons (Fsp3) is 0.500. The molecule has 1 heterocycles. The Morgan fingerprint density at radius 3 is 2.83 bits per heavy atom. The predicted molar refractivity (Wildman–Crippen MR) is 74.8 cm³/mol. The lowest BCUT2D eigenvalue weighted by Gasteiger charge is -2.33. The fourth-order valence-electron chi connectivity index (χ4n) is 3.16. The lowest BCUT2D eigenvalue weighted by molar-refractivity contribution is 0.168. The highest BCUT2D eigenvalue weighted by Crippen LogP contribution is 2.35. The number of hydrogen-bond donors (Lipinski definition) is 1. The van der Waals surface area contributed by atoms with E-state index in [9.17, 15) is 5.11 Å². The summed E-state index contributed by atoms with van der Waals surface area (Å²) in [7, 11) is 0. The SMILES string of the molecule is OC1CCCN(C2C=CCCC2)c2ccccc21. The van der Waals surface area contributed by atoms with Crippen LogP contribution in [0.4, 0.5) is 5.69 Å². The van der Waals surface area contributed by atoms with E-state index in [-0.39, 0.29) is 6.10 Å². The van der Waals surface area contributed by atoms with Crippen LogP contribution in [-0.2, 0) is 0 Å². The molecule has 0 bridgehead atoms. The monoisotopic (exact) mass is 243 g/mol. The zero-order valence-corrected chi connectivity index (χ0v) is 10.8. The van der Waals surface area contributed by atoms with Gasteiger partial charge in [0.2, 0.25) is 0 Å². The molecule has 0 spiro atoms. The second-order valence-electron chi connectivity index (χ2n) is 5.34. The Balaban J connectivity index is 1.96. The third kappa shape index (κ3) is 2.17. The van der Waals surface area contributed by atoms with Crippen molar-refractivity contribution in [3.05, 3.63) is 42.0 Å². The minimum absolute atomic E-state index is 0.293. The van der Waals surface area contributed by atoms with E-state index in [1.165, 1.54) is 24.9 Å². The van der Waals surface area contributed by atoms with E-state index in [0.717, 1.165) is 24.9 Å². The quantitative estimate of drug-likeness (QED) is 0.764. The molecular weight excluding hydrogens is 222 g/mol. The summed E-state index contributed by atoms with van der Waals surface area (Å²) in [6, 6.07) is 8.86. The molecular formula is C16H21NO. The number of aliphatic hydroxyl groups is 1. The van der Waals surface area contributed by atoms with Crippen molar-refractivity contribution in [3.63, 3.8) is 0 Å². The first-order valence-corrected chi connectivity index (χ1v) is 7.06. The predicted octanol–water partition coefficient (Wildman–Crippen LogP) is 3.43. The largest absolute Gasteiger partial charge is 0.388 e. The highest BCUT2D eigenvalue weighted by atomic mass is 16.3. The van der Waals surface area contributed by atoms with E-state index in [4.69, 9.17) is 0 Å². The van der Waals surface area contributed by atoms with Crippen LogP contribution in [0.25, 0.3) is 0 Å². The molecule has 3 rings (SSSR count). The number of fused-ring (bicyclic) bond motifs is 1. The number of anilines is 1. The molecule has 2 heteroatoms. The average molecular weight is 243 g/mol. The van der Waals surface area contributed by atoms with Gasteiger partial charge in [-0.25, -0.2) is 0 Å². The zero-order valence-electron chi connectivity index (χ0n) is 10.8. The van der Waals surface area contributed by atoms with Gasteiger partial charge in [0.1, 0.15) is 0 Å². The van der Waals surface area contributed by atoms with Gasteiger partial charge < -0.3 is 10.0 Å². The minimum atomic E-state index is -0.293. The van der Waals surface area contributed by atoms with E-state index in [2.05, 4.69) is 35.3 Å². The molecule has 0 aromatic heterocycles. The molecule has 2 aliphatic rings. The molecule has 1 N–H and O–H groups in total. The third-order valence-electron chi connectivity index (χ3n) is 4.11. The van der Waals surface area contributed by atoms with Gasteiger partial charge in [-0.2, -0.15) is 0 Å². The second-order valence-corrected chi connectivity index (χ2v) is 5.34. The highest BCUT2D eigenvalue weighted by Gasteiger charge is 2.25. The molecule has 1 aliphatic carbocycles. The van der Waals surface area contributed by atoms with Crippen molar-refractivity contribution >= 4 is 5.69 Å². The molecule has 18 heavy (non-hydrogen) atoms. The maximum atomic E-state index is 10.2. The Kier molecular flexibility index (Phi) is 3.37. The summed E-state index contributed by atoms with van der Waals surface area (Å²) in [6.07, 6.45) is 10.0. The first-order chi connectivity index (χ1) is 8.86. The normalized spacial score (nSPS) is 27.7. The van der Waals surface area contributed by atoms with Gasteiger partial charge in [0, 0.05) is 23.8 Å². The van der Waals surface area contributed by atoms with Gasteiger partial charge in [0.05, 0.1) is 6.10 Å². The summed E-state index contributed by atoms with van der Waals surface area (Å²) >= 11 is 0. The summed E-state index contributed by atoms with van der Waals surface area (Å²) in [5, 5.41) is 10.2. The topological polar surface area (TPSA) is 23.5 Å². The van der Waals surface area contributed by atoms with E-state index < -0.39 is 0 Å². The van der Waals surface area contributed by atoms with Crippen molar-refractivity contribution in [1.82, 2.24) is 0 Å². The molecule has 96 valence electrons. The van der Waals surface area contributed by atoms with Crippen LogP contribution in [0.15, 0.2) is 36.4 Å². The average Bonchev–Trinajstić information content (AvgIpc) is 2.60. The van der Waals surface area contributed by atoms with Crippen molar-refractivity contribution in [2.75, 3.05) is 11.4 Å². The number of rotatable bonds is 1. The summed E-state index contributed by atoms with van der Waals surface area (Å²) in [6.45, 7) is 1.06. The van der Waals surface area contributed by atoms with Gasteiger partial charge in [-0.15, -0.1) is 0 Å². The fourth-order valence-corrected chi connectivity index (χ4v) is 3.16. The van der Waals surface area contributed by atoms with E-state index in [0.29, 0.717) is 6.04 Å². The van der Waals surface area contributed by atoms with Gasteiger partial charge in [-0.1, -0.05) is 30.4 Å². The van der Waals surface area contributed by atoms with Crippen LogP contribution in [0.1, 0.15) is 43.8 Å². The standard InChI is InChI=1S/C16H21NO/c18-16-11-6-12-17(13-7-2-1-3-8-13)15-10-5-4-9-14(15)16/h2,4-5,7,9-10,13,16,18H,1,3,6,8,11-12H2. The molecule has 2 unspecified atom stereocenters. The van der Waals surface area contributed by atoms with Crippen LogP contribution in [0, 0.1) is 0 Å². The van der Waals surface area contributed by atoms with Gasteiger partial charge >= 0.3 is 0 Å². The Bertz CT molecular complexity index is 440. The summed E-state index contributed by atoms with van der Waals surface area (Å²) in [5.41, 5.74) is 2.34. The van der Waals surface area contributed by atoms with Gasteiger partial charge in [0.25, 0.3) is 0 Å². The number of para-hydroxylation sites is 1. The Morgan fingerprint density at radius 2 is 2.00 bits per heavy atom. The third-order valence-corrected chi connectivity index (χ3v) is 4.11. The van der Waals surface area contributed by atoms with Crippen molar-refractivity contribution in [1.29, 1.82) is 0 Å². The van der Waals surface area contributed by atoms with Gasteiger partial charge in [-0.3, -0.25) is 0 Å². The van der Waals surface area contributed by atoms with E-state index in [1.54, 1.807) is 0 Å². The number of benzene rings is 1. The molecule has 0 radical (unpaired) electrons.